The molecular weight excluding hydrogens is 263 g/mol. The second-order valence-electron chi connectivity index (χ2n) is 2.73. The minimum absolute atomic E-state index is 2.94. The van der Waals surface area contributed by atoms with Crippen LogP contribution in [0.5, 0.6) is 0 Å². The first-order chi connectivity index (χ1) is 6.38. The molecule has 0 saturated carbocycles. The molecule has 15 heavy (non-hydrogen) atoms. The van der Waals surface area contributed by atoms with Crippen LogP contribution in [0.2, 0.25) is 0 Å². The first-order valence-electron chi connectivity index (χ1n) is 3.21. The first-order valence-corrected chi connectivity index (χ1v) is 3.65. The molecule has 1 saturated heterocycles. The molecule has 1 atom stereocenters. The van der Waals surface area contributed by atoms with E-state index in [1.165, 1.54) is 0 Å². The zero-order chi connectivity index (χ0) is 12.3. The van der Waals surface area contributed by atoms with E-state index in [2.05, 4.69) is 16.3 Å². The molecule has 0 N–H and O–H groups in total. The number of rotatable bonds is 0. The highest BCUT2D eigenvalue weighted by Gasteiger charge is 2.92. The van der Waals surface area contributed by atoms with Crippen LogP contribution in [0.1, 0.15) is 0 Å². The monoisotopic (exact) mass is 264 g/mol. The van der Waals surface area contributed by atoms with Gasteiger partial charge >= 0.3 is 23.9 Å². The third kappa shape index (κ3) is 1.32. The van der Waals surface area contributed by atoms with Crippen molar-refractivity contribution in [3.05, 3.63) is 0 Å². The van der Waals surface area contributed by atoms with Crippen LogP contribution in [0.4, 0.5) is 35.1 Å². The maximum atomic E-state index is 12.5. The van der Waals surface area contributed by atoms with E-state index >= 15 is 0 Å². The quantitative estimate of drug-likeness (QED) is 0.483. The minimum atomic E-state index is -6.29. The van der Waals surface area contributed by atoms with Crippen molar-refractivity contribution in [1.82, 2.24) is 0 Å². The maximum absolute atomic E-state index is 12.5. The number of ether oxygens (including phenoxy) is 1. The second kappa shape index (κ2) is 2.88. The summed E-state index contributed by atoms with van der Waals surface area (Å²) in [5, 5.41) is 0. The van der Waals surface area contributed by atoms with Gasteiger partial charge in [0.15, 0.2) is 5.56 Å². The van der Waals surface area contributed by atoms with Gasteiger partial charge in [0.05, 0.1) is 0 Å². The molecule has 1 aliphatic heterocycles. The SMILES string of the molecule is FC(F)(F)C1(C(F)(F)F)O[C@H](Cl)C1(F)F. The van der Waals surface area contributed by atoms with Crippen molar-refractivity contribution in [1.29, 1.82) is 0 Å². The van der Waals surface area contributed by atoms with E-state index in [1.807, 2.05) is 0 Å². The molecule has 1 nitrogen and oxygen atoms in total. The van der Waals surface area contributed by atoms with Crippen molar-refractivity contribution >= 4 is 11.6 Å². The highest BCUT2D eigenvalue weighted by molar-refractivity contribution is 6.21. The fourth-order valence-electron chi connectivity index (χ4n) is 1.08. The van der Waals surface area contributed by atoms with Crippen molar-refractivity contribution in [3.63, 3.8) is 0 Å². The normalized spacial score (nSPS) is 29.8. The lowest BCUT2D eigenvalue weighted by atomic mass is 9.88. The Morgan fingerprint density at radius 2 is 1.27 bits per heavy atom. The molecule has 0 aromatic heterocycles. The molecule has 1 aliphatic rings. The Hall–Kier alpha value is -0.310. The second-order valence-corrected chi connectivity index (χ2v) is 3.13. The molecule has 0 radical (unpaired) electrons. The van der Waals surface area contributed by atoms with Gasteiger partial charge in [0.25, 0.3) is 0 Å². The average Bonchev–Trinajstić information content (AvgIpc) is 1.94. The first kappa shape index (κ1) is 12.8. The van der Waals surface area contributed by atoms with Crippen LogP contribution in [0.25, 0.3) is 0 Å². The number of halogens is 9. The van der Waals surface area contributed by atoms with Gasteiger partial charge < -0.3 is 4.74 Å². The summed E-state index contributed by atoms with van der Waals surface area (Å²) in [5.74, 6) is -5.24. The molecule has 0 amide bonds. The molecule has 90 valence electrons. The Balaban J connectivity index is 3.26. The zero-order valence-corrected chi connectivity index (χ0v) is 7.14. The van der Waals surface area contributed by atoms with E-state index in [4.69, 9.17) is 0 Å². The van der Waals surface area contributed by atoms with Gasteiger partial charge in [-0.1, -0.05) is 11.6 Å². The van der Waals surface area contributed by atoms with E-state index in [-0.39, 0.29) is 0 Å². The zero-order valence-electron chi connectivity index (χ0n) is 6.39. The lowest BCUT2D eigenvalue weighted by Gasteiger charge is -2.51. The summed E-state index contributed by atoms with van der Waals surface area (Å²) in [7, 11) is 0. The van der Waals surface area contributed by atoms with E-state index in [9.17, 15) is 35.1 Å². The summed E-state index contributed by atoms with van der Waals surface area (Å²) in [6, 6.07) is 0. The van der Waals surface area contributed by atoms with Crippen LogP contribution in [0.3, 0.4) is 0 Å². The van der Waals surface area contributed by atoms with Crippen LogP contribution in [0.15, 0.2) is 0 Å². The molecule has 0 bridgehead atoms. The highest BCUT2D eigenvalue weighted by Crippen LogP contribution is 2.63. The topological polar surface area (TPSA) is 9.23 Å². The molecule has 1 fully saturated rings. The molecule has 0 unspecified atom stereocenters. The van der Waals surface area contributed by atoms with Crippen LogP contribution in [-0.2, 0) is 4.74 Å². The van der Waals surface area contributed by atoms with Gasteiger partial charge in [0.2, 0.25) is 0 Å². The van der Waals surface area contributed by atoms with Crippen LogP contribution in [0, 0.1) is 0 Å². The van der Waals surface area contributed by atoms with E-state index < -0.39 is 29.4 Å². The van der Waals surface area contributed by atoms with Gasteiger partial charge in [-0.3, -0.25) is 0 Å². The largest absolute Gasteiger partial charge is 0.432 e. The molecule has 0 spiro atoms. The summed E-state index contributed by atoms with van der Waals surface area (Å²) < 4.78 is 99.8. The fourth-order valence-corrected chi connectivity index (χ4v) is 1.37. The summed E-state index contributed by atoms with van der Waals surface area (Å²) in [4.78, 5) is 0. The van der Waals surface area contributed by atoms with Crippen LogP contribution < -0.4 is 0 Å². The van der Waals surface area contributed by atoms with Crippen molar-refractivity contribution in [2.75, 3.05) is 0 Å². The van der Waals surface area contributed by atoms with Crippen LogP contribution >= 0.6 is 11.6 Å². The summed E-state index contributed by atoms with van der Waals surface area (Å²) in [5.41, 5.74) is -8.44. The Morgan fingerprint density at radius 3 is 1.33 bits per heavy atom. The number of hydrogen-bond donors (Lipinski definition) is 0. The molecular formula is C5HClF8O. The Kier molecular flexibility index (Phi) is 2.45. The third-order valence-corrected chi connectivity index (χ3v) is 2.20. The summed E-state index contributed by atoms with van der Waals surface area (Å²) >= 11 is 4.46. The predicted molar refractivity (Wildman–Crippen MR) is 30.5 cm³/mol. The third-order valence-electron chi connectivity index (χ3n) is 1.83. The van der Waals surface area contributed by atoms with E-state index in [1.54, 1.807) is 0 Å². The van der Waals surface area contributed by atoms with Gasteiger partial charge in [-0.2, -0.15) is 35.1 Å². The number of alkyl halides is 9. The van der Waals surface area contributed by atoms with Gasteiger partial charge in [-0.25, -0.2) is 0 Å². The van der Waals surface area contributed by atoms with Crippen molar-refractivity contribution in [2.24, 2.45) is 0 Å². The predicted octanol–water partition coefficient (Wildman–Crippen LogP) is 3.08. The average molecular weight is 264 g/mol. The molecule has 1 rings (SSSR count). The summed E-state index contributed by atoms with van der Waals surface area (Å²) in [6.07, 6.45) is -12.6. The minimum Gasteiger partial charge on any atom is -0.327 e. The smallest absolute Gasteiger partial charge is 0.327 e. The van der Waals surface area contributed by atoms with Gasteiger partial charge in [-0.15, -0.1) is 0 Å². The van der Waals surface area contributed by atoms with Gasteiger partial charge in [-0.05, 0) is 0 Å². The number of hydrogen-bond acceptors (Lipinski definition) is 1. The lowest BCUT2D eigenvalue weighted by molar-refractivity contribution is -0.503. The molecule has 0 aliphatic carbocycles. The maximum Gasteiger partial charge on any atom is 0.432 e. The van der Waals surface area contributed by atoms with Gasteiger partial charge in [0.1, 0.15) is 0 Å². The van der Waals surface area contributed by atoms with E-state index in [0.717, 1.165) is 0 Å². The Bertz CT molecular complexity index is 253. The fraction of sp³-hybridized carbons (Fsp3) is 1.00. The van der Waals surface area contributed by atoms with Crippen LogP contribution in [-0.4, -0.2) is 29.4 Å². The molecule has 0 aromatic rings. The standard InChI is InChI=1S/C5HClF8O/c6-1-2(7,8)3(15-1,4(9,10)11)5(12,13)14/h1H/t1-/m0/s1. The molecule has 1 heterocycles. The molecule has 10 heteroatoms. The van der Waals surface area contributed by atoms with Gasteiger partial charge in [0, 0.05) is 0 Å². The highest BCUT2D eigenvalue weighted by atomic mass is 35.5. The van der Waals surface area contributed by atoms with Crippen molar-refractivity contribution < 1.29 is 39.9 Å². The lowest BCUT2D eigenvalue weighted by Crippen LogP contribution is -2.80. The Morgan fingerprint density at radius 1 is 0.933 bits per heavy atom. The van der Waals surface area contributed by atoms with E-state index in [0.29, 0.717) is 0 Å². The summed E-state index contributed by atoms with van der Waals surface area (Å²) in [6.45, 7) is 0. The Labute approximate surface area is 81.9 Å². The van der Waals surface area contributed by atoms with Crippen molar-refractivity contribution in [3.8, 4) is 0 Å². The molecule has 0 aromatic carbocycles. The van der Waals surface area contributed by atoms with Crippen molar-refractivity contribution in [2.45, 2.75) is 29.4 Å².